The van der Waals surface area contributed by atoms with Gasteiger partial charge in [-0.05, 0) is 46.1 Å². The standard InChI is InChI=1S/C15H15BrN2O3/c1-2-11-5-3-4-6-13(11)20-10-15(19)18-17-9-12-7-8-14(16)21-12/h3-9H,2,10H2,1H3,(H,18,19)/b17-9+. The van der Waals surface area contributed by atoms with Crippen LogP contribution >= 0.6 is 15.9 Å². The largest absolute Gasteiger partial charge is 0.483 e. The molecule has 0 aliphatic rings. The molecule has 1 aromatic heterocycles. The van der Waals surface area contributed by atoms with E-state index in [1.165, 1.54) is 6.21 Å². The van der Waals surface area contributed by atoms with Crippen LogP contribution in [-0.4, -0.2) is 18.7 Å². The lowest BCUT2D eigenvalue weighted by molar-refractivity contribution is -0.123. The van der Waals surface area contributed by atoms with E-state index in [0.717, 1.165) is 12.0 Å². The molecule has 110 valence electrons. The molecule has 1 heterocycles. The molecule has 1 aromatic carbocycles. The van der Waals surface area contributed by atoms with Gasteiger partial charge < -0.3 is 9.15 Å². The van der Waals surface area contributed by atoms with Crippen molar-refractivity contribution in [3.8, 4) is 5.75 Å². The van der Waals surface area contributed by atoms with Gasteiger partial charge >= 0.3 is 0 Å². The summed E-state index contributed by atoms with van der Waals surface area (Å²) in [5.41, 5.74) is 3.44. The molecule has 2 aromatic rings. The molecule has 0 aliphatic carbocycles. The third kappa shape index (κ3) is 4.75. The van der Waals surface area contributed by atoms with Crippen LogP contribution in [0, 0.1) is 0 Å². The monoisotopic (exact) mass is 350 g/mol. The summed E-state index contributed by atoms with van der Waals surface area (Å²) < 4.78 is 11.3. The molecule has 21 heavy (non-hydrogen) atoms. The zero-order valence-corrected chi connectivity index (χ0v) is 13.1. The number of aryl methyl sites for hydroxylation is 1. The number of ether oxygens (including phenoxy) is 1. The first-order valence-corrected chi connectivity index (χ1v) is 7.26. The number of halogens is 1. The number of nitrogens with zero attached hydrogens (tertiary/aromatic N) is 1. The molecule has 0 saturated carbocycles. The zero-order chi connectivity index (χ0) is 15.1. The summed E-state index contributed by atoms with van der Waals surface area (Å²) in [6.45, 7) is 1.95. The molecule has 0 fully saturated rings. The lowest BCUT2D eigenvalue weighted by Crippen LogP contribution is -2.24. The number of benzene rings is 1. The van der Waals surface area contributed by atoms with Gasteiger partial charge in [-0.2, -0.15) is 5.10 Å². The van der Waals surface area contributed by atoms with Crippen LogP contribution in [-0.2, 0) is 11.2 Å². The zero-order valence-electron chi connectivity index (χ0n) is 11.5. The Morgan fingerprint density at radius 3 is 2.90 bits per heavy atom. The Hall–Kier alpha value is -2.08. The first-order valence-electron chi connectivity index (χ1n) is 6.47. The van der Waals surface area contributed by atoms with Crippen molar-refractivity contribution in [2.75, 3.05) is 6.61 Å². The van der Waals surface area contributed by atoms with Gasteiger partial charge in [0.05, 0.1) is 6.21 Å². The predicted molar refractivity (Wildman–Crippen MR) is 83.5 cm³/mol. The molecule has 0 saturated heterocycles. The van der Waals surface area contributed by atoms with Gasteiger partial charge in [-0.15, -0.1) is 0 Å². The van der Waals surface area contributed by atoms with Gasteiger partial charge in [0.2, 0.25) is 0 Å². The third-order valence-corrected chi connectivity index (χ3v) is 3.11. The minimum atomic E-state index is -0.331. The molecule has 0 bridgehead atoms. The number of carbonyl (C=O) groups excluding carboxylic acids is 1. The topological polar surface area (TPSA) is 63.8 Å². The van der Waals surface area contributed by atoms with Crippen molar-refractivity contribution in [3.63, 3.8) is 0 Å². The smallest absolute Gasteiger partial charge is 0.277 e. The van der Waals surface area contributed by atoms with Crippen molar-refractivity contribution in [2.24, 2.45) is 5.10 Å². The summed E-state index contributed by atoms with van der Waals surface area (Å²) in [5, 5.41) is 3.79. The lowest BCUT2D eigenvalue weighted by Gasteiger charge is -2.08. The molecule has 1 amide bonds. The number of carbonyl (C=O) groups is 1. The van der Waals surface area contributed by atoms with E-state index in [1.807, 2.05) is 31.2 Å². The molecule has 5 nitrogen and oxygen atoms in total. The van der Waals surface area contributed by atoms with E-state index in [4.69, 9.17) is 9.15 Å². The van der Waals surface area contributed by atoms with E-state index in [2.05, 4.69) is 26.5 Å². The Bertz CT molecular complexity index is 637. The molecule has 0 atom stereocenters. The number of hydrazone groups is 1. The van der Waals surface area contributed by atoms with Crippen molar-refractivity contribution in [1.29, 1.82) is 0 Å². The van der Waals surface area contributed by atoms with Crippen molar-refractivity contribution in [3.05, 3.63) is 52.4 Å². The summed E-state index contributed by atoms with van der Waals surface area (Å²) in [5.74, 6) is 0.927. The van der Waals surface area contributed by atoms with Crippen molar-refractivity contribution < 1.29 is 13.9 Å². The first kappa shape index (κ1) is 15.3. The second kappa shape index (κ2) is 7.64. The number of amides is 1. The van der Waals surface area contributed by atoms with Gasteiger partial charge in [0.25, 0.3) is 5.91 Å². The average Bonchev–Trinajstić information content (AvgIpc) is 2.91. The second-order valence-corrected chi connectivity index (χ2v) is 4.97. The average molecular weight is 351 g/mol. The fraction of sp³-hybridized carbons (Fsp3) is 0.200. The maximum atomic E-state index is 11.6. The molecular formula is C15H15BrN2O3. The molecular weight excluding hydrogens is 336 g/mol. The lowest BCUT2D eigenvalue weighted by atomic mass is 10.1. The molecule has 6 heteroatoms. The summed E-state index contributed by atoms with van der Waals surface area (Å²) in [6, 6.07) is 11.1. The van der Waals surface area contributed by atoms with Crippen LogP contribution in [0.25, 0.3) is 0 Å². The summed E-state index contributed by atoms with van der Waals surface area (Å²) in [7, 11) is 0. The SMILES string of the molecule is CCc1ccccc1OCC(=O)N/N=C/c1ccc(Br)o1. The fourth-order valence-corrected chi connectivity index (χ4v) is 2.00. The van der Waals surface area contributed by atoms with Crippen LogP contribution in [0.3, 0.4) is 0 Å². The Labute approximate surface area is 131 Å². The predicted octanol–water partition coefficient (Wildman–Crippen LogP) is 3.13. The van der Waals surface area contributed by atoms with Crippen LogP contribution in [0.1, 0.15) is 18.2 Å². The summed E-state index contributed by atoms with van der Waals surface area (Å²) >= 11 is 3.18. The quantitative estimate of drug-likeness (QED) is 0.642. The Kier molecular flexibility index (Phi) is 5.57. The highest BCUT2D eigenvalue weighted by molar-refractivity contribution is 9.10. The second-order valence-electron chi connectivity index (χ2n) is 4.19. The van der Waals surface area contributed by atoms with Crippen LogP contribution < -0.4 is 10.2 Å². The maximum absolute atomic E-state index is 11.6. The fourth-order valence-electron chi connectivity index (χ4n) is 1.68. The summed E-state index contributed by atoms with van der Waals surface area (Å²) in [6.07, 6.45) is 2.27. The summed E-state index contributed by atoms with van der Waals surface area (Å²) in [4.78, 5) is 11.6. The van der Waals surface area contributed by atoms with Gasteiger partial charge in [0.15, 0.2) is 11.3 Å². The molecule has 0 aliphatic heterocycles. The number of hydrogen-bond acceptors (Lipinski definition) is 4. The number of nitrogens with one attached hydrogen (secondary N) is 1. The number of hydrogen-bond donors (Lipinski definition) is 1. The van der Waals surface area contributed by atoms with Crippen molar-refractivity contribution in [1.82, 2.24) is 5.43 Å². The highest BCUT2D eigenvalue weighted by Crippen LogP contribution is 2.17. The van der Waals surface area contributed by atoms with Gasteiger partial charge in [-0.3, -0.25) is 4.79 Å². The van der Waals surface area contributed by atoms with Crippen LogP contribution in [0.2, 0.25) is 0 Å². The molecule has 0 unspecified atom stereocenters. The van der Waals surface area contributed by atoms with E-state index >= 15 is 0 Å². The van der Waals surface area contributed by atoms with Gasteiger partial charge in [-0.1, -0.05) is 25.1 Å². The van der Waals surface area contributed by atoms with Crippen LogP contribution in [0.4, 0.5) is 0 Å². The van der Waals surface area contributed by atoms with Gasteiger partial charge in [-0.25, -0.2) is 5.43 Å². The number of para-hydroxylation sites is 1. The Morgan fingerprint density at radius 2 is 2.19 bits per heavy atom. The molecule has 0 radical (unpaired) electrons. The Balaban J connectivity index is 1.81. The van der Waals surface area contributed by atoms with Crippen LogP contribution in [0.5, 0.6) is 5.75 Å². The molecule has 1 N–H and O–H groups in total. The molecule has 0 spiro atoms. The van der Waals surface area contributed by atoms with E-state index in [-0.39, 0.29) is 12.5 Å². The number of furan rings is 1. The minimum absolute atomic E-state index is 0.0871. The third-order valence-electron chi connectivity index (χ3n) is 2.69. The van der Waals surface area contributed by atoms with E-state index in [9.17, 15) is 4.79 Å². The van der Waals surface area contributed by atoms with Gasteiger partial charge in [0.1, 0.15) is 11.5 Å². The maximum Gasteiger partial charge on any atom is 0.277 e. The number of rotatable bonds is 6. The molecule has 2 rings (SSSR count). The van der Waals surface area contributed by atoms with Crippen molar-refractivity contribution in [2.45, 2.75) is 13.3 Å². The van der Waals surface area contributed by atoms with E-state index in [0.29, 0.717) is 16.2 Å². The van der Waals surface area contributed by atoms with E-state index in [1.54, 1.807) is 12.1 Å². The minimum Gasteiger partial charge on any atom is -0.483 e. The Morgan fingerprint density at radius 1 is 1.38 bits per heavy atom. The highest BCUT2D eigenvalue weighted by Gasteiger charge is 2.04. The normalized spacial score (nSPS) is 10.8. The van der Waals surface area contributed by atoms with Crippen molar-refractivity contribution >= 4 is 28.1 Å². The first-order chi connectivity index (χ1) is 10.2. The van der Waals surface area contributed by atoms with Gasteiger partial charge in [0, 0.05) is 0 Å². The van der Waals surface area contributed by atoms with Crippen LogP contribution in [0.15, 0.2) is 50.6 Å². The van der Waals surface area contributed by atoms with E-state index < -0.39 is 0 Å². The highest BCUT2D eigenvalue weighted by atomic mass is 79.9.